The third kappa shape index (κ3) is 3.27. The number of nitrogens with zero attached hydrogens (tertiary/aromatic N) is 1. The molecule has 0 saturated carbocycles. The Balaban J connectivity index is 2.73. The van der Waals surface area contributed by atoms with Gasteiger partial charge < -0.3 is 5.73 Å². The van der Waals surface area contributed by atoms with Crippen molar-refractivity contribution in [3.05, 3.63) is 41.5 Å². The van der Waals surface area contributed by atoms with Crippen LogP contribution in [0.5, 0.6) is 0 Å². The van der Waals surface area contributed by atoms with Gasteiger partial charge in [-0.25, -0.2) is 0 Å². The van der Waals surface area contributed by atoms with Gasteiger partial charge in [-0.3, -0.25) is 14.9 Å². The number of primary amides is 1. The zero-order valence-corrected chi connectivity index (χ0v) is 8.31. The topological polar surface area (TPSA) is 96.0 Å². The van der Waals surface area contributed by atoms with E-state index in [0.29, 0.717) is 5.56 Å². The number of rotatable bonds is 3. The molecule has 0 fully saturated rings. The van der Waals surface area contributed by atoms with Crippen LogP contribution in [0.25, 0.3) is 6.08 Å². The molecule has 0 aromatic heterocycles. The summed E-state index contributed by atoms with van der Waals surface area (Å²) in [4.78, 5) is 21.7. The van der Waals surface area contributed by atoms with Crippen LogP contribution in [0.15, 0.2) is 30.3 Å². The highest BCUT2D eigenvalue weighted by Gasteiger charge is 1.98. The molecule has 5 nitrogen and oxygen atoms in total. The zero-order chi connectivity index (χ0) is 12.0. The van der Waals surface area contributed by atoms with Crippen molar-refractivity contribution in [3.8, 4) is 6.19 Å². The Kier molecular flexibility index (Phi) is 3.81. The van der Waals surface area contributed by atoms with Gasteiger partial charge in [0.2, 0.25) is 5.91 Å². The summed E-state index contributed by atoms with van der Waals surface area (Å²) in [5.74, 6) is -1.00. The average molecular weight is 215 g/mol. The molecule has 16 heavy (non-hydrogen) atoms. The summed E-state index contributed by atoms with van der Waals surface area (Å²) < 4.78 is 0. The Morgan fingerprint density at radius 2 is 1.94 bits per heavy atom. The van der Waals surface area contributed by atoms with E-state index in [9.17, 15) is 9.59 Å². The molecule has 0 aliphatic carbocycles. The van der Waals surface area contributed by atoms with Gasteiger partial charge in [0.05, 0.1) is 0 Å². The van der Waals surface area contributed by atoms with E-state index < -0.39 is 11.8 Å². The Morgan fingerprint density at radius 1 is 1.31 bits per heavy atom. The van der Waals surface area contributed by atoms with Crippen molar-refractivity contribution in [3.63, 3.8) is 0 Å². The monoisotopic (exact) mass is 215 g/mol. The minimum atomic E-state index is -0.502. The lowest BCUT2D eigenvalue weighted by molar-refractivity contribution is -0.115. The number of nitrogens with one attached hydrogen (secondary N) is 1. The number of carbonyl (C=O) groups excluding carboxylic acids is 2. The summed E-state index contributed by atoms with van der Waals surface area (Å²) in [5, 5.41) is 10.1. The third-order valence-electron chi connectivity index (χ3n) is 1.80. The van der Waals surface area contributed by atoms with E-state index >= 15 is 0 Å². The molecule has 0 heterocycles. The molecular formula is C11H9N3O2. The molecule has 0 radical (unpaired) electrons. The highest BCUT2D eigenvalue weighted by atomic mass is 16.1. The second-order valence-electron chi connectivity index (χ2n) is 2.92. The van der Waals surface area contributed by atoms with Crippen LogP contribution in [-0.2, 0) is 4.79 Å². The molecule has 5 heteroatoms. The van der Waals surface area contributed by atoms with Crippen LogP contribution >= 0.6 is 0 Å². The van der Waals surface area contributed by atoms with Crippen molar-refractivity contribution in [1.29, 1.82) is 5.26 Å². The molecule has 1 aromatic carbocycles. The fourth-order valence-electron chi connectivity index (χ4n) is 1.03. The lowest BCUT2D eigenvalue weighted by atomic mass is 10.1. The van der Waals surface area contributed by atoms with Gasteiger partial charge in [-0.15, -0.1) is 0 Å². The molecular weight excluding hydrogens is 206 g/mol. The van der Waals surface area contributed by atoms with Crippen LogP contribution in [0.2, 0.25) is 0 Å². The van der Waals surface area contributed by atoms with Crippen molar-refractivity contribution >= 4 is 17.9 Å². The standard InChI is InChI=1S/C11H9N3O2/c12-7-14-10(15)6-3-8-1-4-9(5-2-8)11(13)16/h1-6H,(H2,13,16)(H,14,15). The van der Waals surface area contributed by atoms with Crippen LogP contribution in [-0.4, -0.2) is 11.8 Å². The average Bonchev–Trinajstić information content (AvgIpc) is 2.27. The highest BCUT2D eigenvalue weighted by molar-refractivity contribution is 5.94. The summed E-state index contributed by atoms with van der Waals surface area (Å²) in [6, 6.07) is 6.42. The molecule has 80 valence electrons. The van der Waals surface area contributed by atoms with Crippen molar-refractivity contribution in [2.24, 2.45) is 5.73 Å². The van der Waals surface area contributed by atoms with Gasteiger partial charge in [0, 0.05) is 11.6 Å². The van der Waals surface area contributed by atoms with Crippen molar-refractivity contribution in [2.75, 3.05) is 0 Å². The first-order chi connectivity index (χ1) is 7.63. The largest absolute Gasteiger partial charge is 0.366 e. The van der Waals surface area contributed by atoms with Crippen molar-refractivity contribution in [2.45, 2.75) is 0 Å². The molecule has 0 aliphatic rings. The van der Waals surface area contributed by atoms with Gasteiger partial charge in [0.25, 0.3) is 5.91 Å². The number of hydrogen-bond acceptors (Lipinski definition) is 3. The number of nitrogens with two attached hydrogens (primary N) is 1. The first kappa shape index (κ1) is 11.5. The van der Waals surface area contributed by atoms with E-state index in [1.165, 1.54) is 18.3 Å². The fraction of sp³-hybridized carbons (Fsp3) is 0. The molecule has 1 rings (SSSR count). The zero-order valence-electron chi connectivity index (χ0n) is 8.31. The Bertz CT molecular complexity index is 469. The molecule has 0 saturated heterocycles. The SMILES string of the molecule is N#CNC(=O)C=Cc1ccc(C(N)=O)cc1. The van der Waals surface area contributed by atoms with Crippen LogP contribution in [0, 0.1) is 11.5 Å². The van der Waals surface area contributed by atoms with Crippen LogP contribution < -0.4 is 11.1 Å². The maximum atomic E-state index is 10.9. The fourth-order valence-corrected chi connectivity index (χ4v) is 1.03. The molecule has 0 bridgehead atoms. The maximum Gasteiger partial charge on any atom is 0.256 e. The quantitative estimate of drug-likeness (QED) is 0.434. The summed E-state index contributed by atoms with van der Waals surface area (Å²) in [6.45, 7) is 0. The minimum absolute atomic E-state index is 0.402. The second kappa shape index (κ2) is 5.32. The molecule has 0 unspecified atom stereocenters. The Morgan fingerprint density at radius 3 is 2.44 bits per heavy atom. The van der Waals surface area contributed by atoms with Gasteiger partial charge >= 0.3 is 0 Å². The number of nitriles is 1. The molecule has 0 spiro atoms. The predicted molar refractivity (Wildman–Crippen MR) is 57.7 cm³/mol. The number of benzene rings is 1. The summed E-state index contributed by atoms with van der Waals surface area (Å²) in [6.07, 6.45) is 4.27. The highest BCUT2D eigenvalue weighted by Crippen LogP contribution is 2.05. The van der Waals surface area contributed by atoms with Crippen molar-refractivity contribution in [1.82, 2.24) is 5.32 Å². The van der Waals surface area contributed by atoms with E-state index in [1.54, 1.807) is 24.3 Å². The summed E-state index contributed by atoms with van der Waals surface area (Å²) in [7, 11) is 0. The number of hydrogen-bond donors (Lipinski definition) is 2. The van der Waals surface area contributed by atoms with Gasteiger partial charge in [-0.1, -0.05) is 12.1 Å². The molecule has 1 aromatic rings. The summed E-state index contributed by atoms with van der Waals surface area (Å²) >= 11 is 0. The normalized spacial score (nSPS) is 9.69. The summed E-state index contributed by atoms with van der Waals surface area (Å²) in [5.41, 5.74) is 6.20. The van der Waals surface area contributed by atoms with E-state index in [0.717, 1.165) is 5.56 Å². The first-order valence-electron chi connectivity index (χ1n) is 4.40. The lowest BCUT2D eigenvalue weighted by Crippen LogP contribution is -2.13. The molecule has 2 amide bonds. The van der Waals surface area contributed by atoms with E-state index in [1.807, 2.05) is 5.32 Å². The number of amides is 2. The van der Waals surface area contributed by atoms with Crippen LogP contribution in [0.1, 0.15) is 15.9 Å². The van der Waals surface area contributed by atoms with Gasteiger partial charge in [0.15, 0.2) is 6.19 Å². The maximum absolute atomic E-state index is 10.9. The smallest absolute Gasteiger partial charge is 0.256 e. The van der Waals surface area contributed by atoms with Crippen molar-refractivity contribution < 1.29 is 9.59 Å². The third-order valence-corrected chi connectivity index (χ3v) is 1.80. The van der Waals surface area contributed by atoms with E-state index in [2.05, 4.69) is 0 Å². The van der Waals surface area contributed by atoms with Gasteiger partial charge in [-0.2, -0.15) is 5.26 Å². The molecule has 0 aliphatic heterocycles. The van der Waals surface area contributed by atoms with Crippen LogP contribution in [0.4, 0.5) is 0 Å². The van der Waals surface area contributed by atoms with E-state index in [-0.39, 0.29) is 0 Å². The minimum Gasteiger partial charge on any atom is -0.366 e. The first-order valence-corrected chi connectivity index (χ1v) is 4.40. The van der Waals surface area contributed by atoms with Crippen LogP contribution in [0.3, 0.4) is 0 Å². The Hall–Kier alpha value is -2.61. The molecule has 0 atom stereocenters. The van der Waals surface area contributed by atoms with Gasteiger partial charge in [0.1, 0.15) is 0 Å². The van der Waals surface area contributed by atoms with E-state index in [4.69, 9.17) is 11.0 Å². The molecule has 3 N–H and O–H groups in total. The van der Waals surface area contributed by atoms with Gasteiger partial charge in [-0.05, 0) is 23.8 Å². The predicted octanol–water partition coefficient (Wildman–Crippen LogP) is 0.396. The second-order valence-corrected chi connectivity index (χ2v) is 2.92. The Labute approximate surface area is 92.2 Å². The number of carbonyl (C=O) groups is 2. The lowest BCUT2D eigenvalue weighted by Gasteiger charge is -1.96.